The molecule has 134 valence electrons. The molecule has 3 N–H and O–H groups in total. The van der Waals surface area contributed by atoms with Gasteiger partial charge in [-0.15, -0.1) is 24.0 Å². The van der Waals surface area contributed by atoms with E-state index in [4.69, 9.17) is 4.74 Å². The molecular weight excluding hydrogens is 419 g/mol. The van der Waals surface area contributed by atoms with E-state index in [0.29, 0.717) is 18.7 Å². The Morgan fingerprint density at radius 1 is 1.33 bits per heavy atom. The second-order valence-corrected chi connectivity index (χ2v) is 5.50. The average molecular weight is 446 g/mol. The average Bonchev–Trinajstić information content (AvgIpc) is 3.09. The van der Waals surface area contributed by atoms with Crippen molar-refractivity contribution < 1.29 is 9.53 Å². The first-order valence-electron chi connectivity index (χ1n) is 8.16. The molecule has 6 nitrogen and oxygen atoms in total. The van der Waals surface area contributed by atoms with Crippen molar-refractivity contribution in [2.75, 3.05) is 26.7 Å². The molecule has 1 atom stereocenters. The molecule has 0 radical (unpaired) electrons. The van der Waals surface area contributed by atoms with Gasteiger partial charge in [0, 0.05) is 38.9 Å². The van der Waals surface area contributed by atoms with E-state index in [9.17, 15) is 4.79 Å². The van der Waals surface area contributed by atoms with E-state index in [2.05, 4.69) is 20.9 Å². The summed E-state index contributed by atoms with van der Waals surface area (Å²) in [6, 6.07) is 7.59. The van der Waals surface area contributed by atoms with Crippen molar-refractivity contribution in [3.05, 3.63) is 35.4 Å². The lowest BCUT2D eigenvalue weighted by molar-refractivity contribution is 0.0955. The monoisotopic (exact) mass is 446 g/mol. The number of ether oxygens (including phenoxy) is 1. The molecule has 1 aromatic carbocycles. The zero-order chi connectivity index (χ0) is 16.5. The third-order valence-corrected chi connectivity index (χ3v) is 3.73. The molecule has 1 heterocycles. The lowest BCUT2D eigenvalue weighted by Crippen LogP contribution is -2.40. The molecule has 0 aliphatic carbocycles. The van der Waals surface area contributed by atoms with E-state index in [-0.39, 0.29) is 36.0 Å². The van der Waals surface area contributed by atoms with Gasteiger partial charge in [-0.25, -0.2) is 0 Å². The Balaban J connectivity index is 0.00000288. The number of aliphatic imine (C=N–C) groups is 1. The Morgan fingerprint density at radius 3 is 2.83 bits per heavy atom. The highest BCUT2D eigenvalue weighted by atomic mass is 127. The molecule has 0 spiro atoms. The number of hydrogen-bond acceptors (Lipinski definition) is 3. The Labute approximate surface area is 160 Å². The summed E-state index contributed by atoms with van der Waals surface area (Å²) in [5.41, 5.74) is 1.71. The third kappa shape index (κ3) is 6.64. The molecule has 1 aliphatic heterocycles. The highest BCUT2D eigenvalue weighted by Crippen LogP contribution is 2.10. The van der Waals surface area contributed by atoms with Gasteiger partial charge in [0.1, 0.15) is 0 Å². The maximum atomic E-state index is 11.9. The number of guanidine groups is 1. The number of amides is 1. The lowest BCUT2D eigenvalue weighted by atomic mass is 10.1. The predicted molar refractivity (Wildman–Crippen MR) is 107 cm³/mol. The van der Waals surface area contributed by atoms with Gasteiger partial charge in [-0.05, 0) is 37.5 Å². The van der Waals surface area contributed by atoms with Crippen LogP contribution in [-0.4, -0.2) is 44.7 Å². The van der Waals surface area contributed by atoms with Crippen LogP contribution in [0.25, 0.3) is 0 Å². The zero-order valence-corrected chi connectivity index (χ0v) is 16.6. The molecule has 1 saturated heterocycles. The van der Waals surface area contributed by atoms with Gasteiger partial charge in [-0.3, -0.25) is 9.79 Å². The number of nitrogens with zero attached hydrogens (tertiary/aromatic N) is 1. The molecule has 1 aromatic rings. The Bertz CT molecular complexity index is 545. The SMILES string of the molecule is CCNC(=O)c1cccc(CNC(=NC)NCC2CCCO2)c1.I. The summed E-state index contributed by atoms with van der Waals surface area (Å²) in [6.07, 6.45) is 2.50. The minimum atomic E-state index is -0.0461. The van der Waals surface area contributed by atoms with Gasteiger partial charge in [0.2, 0.25) is 0 Å². The van der Waals surface area contributed by atoms with Gasteiger partial charge < -0.3 is 20.7 Å². The molecule has 0 bridgehead atoms. The maximum absolute atomic E-state index is 11.9. The lowest BCUT2D eigenvalue weighted by Gasteiger charge is -2.15. The predicted octanol–water partition coefficient (Wildman–Crippen LogP) is 1.90. The summed E-state index contributed by atoms with van der Waals surface area (Å²) in [6.45, 7) is 4.76. The number of nitrogens with one attached hydrogen (secondary N) is 3. The van der Waals surface area contributed by atoms with Crippen molar-refractivity contribution in [1.29, 1.82) is 0 Å². The molecule has 1 fully saturated rings. The first-order chi connectivity index (χ1) is 11.2. The highest BCUT2D eigenvalue weighted by Gasteiger charge is 2.15. The van der Waals surface area contributed by atoms with E-state index in [1.807, 2.05) is 31.2 Å². The van der Waals surface area contributed by atoms with E-state index in [0.717, 1.165) is 37.5 Å². The minimum absolute atomic E-state index is 0. The fourth-order valence-electron chi connectivity index (χ4n) is 2.51. The Morgan fingerprint density at radius 2 is 2.17 bits per heavy atom. The molecule has 1 amide bonds. The van der Waals surface area contributed by atoms with E-state index < -0.39 is 0 Å². The van der Waals surface area contributed by atoms with Crippen LogP contribution in [0.15, 0.2) is 29.3 Å². The van der Waals surface area contributed by atoms with E-state index >= 15 is 0 Å². The van der Waals surface area contributed by atoms with Crippen LogP contribution in [0.1, 0.15) is 35.7 Å². The van der Waals surface area contributed by atoms with Crippen LogP contribution in [0.4, 0.5) is 0 Å². The van der Waals surface area contributed by atoms with Crippen molar-refractivity contribution in [2.24, 2.45) is 4.99 Å². The Kier molecular flexibility index (Phi) is 9.70. The van der Waals surface area contributed by atoms with E-state index in [1.165, 1.54) is 0 Å². The molecule has 7 heteroatoms. The highest BCUT2D eigenvalue weighted by molar-refractivity contribution is 14.0. The van der Waals surface area contributed by atoms with Crippen LogP contribution < -0.4 is 16.0 Å². The maximum Gasteiger partial charge on any atom is 0.251 e. The smallest absolute Gasteiger partial charge is 0.251 e. The fraction of sp³-hybridized carbons (Fsp3) is 0.529. The van der Waals surface area contributed by atoms with Crippen molar-refractivity contribution in [1.82, 2.24) is 16.0 Å². The number of carbonyl (C=O) groups is 1. The molecule has 1 aliphatic rings. The quantitative estimate of drug-likeness (QED) is 0.355. The van der Waals surface area contributed by atoms with Crippen molar-refractivity contribution in [3.8, 4) is 0 Å². The fourth-order valence-corrected chi connectivity index (χ4v) is 2.51. The summed E-state index contributed by atoms with van der Waals surface area (Å²) < 4.78 is 5.59. The van der Waals surface area contributed by atoms with Gasteiger partial charge in [-0.1, -0.05) is 12.1 Å². The van der Waals surface area contributed by atoms with Crippen molar-refractivity contribution >= 4 is 35.8 Å². The van der Waals surface area contributed by atoms with Gasteiger partial charge in [-0.2, -0.15) is 0 Å². The summed E-state index contributed by atoms with van der Waals surface area (Å²) >= 11 is 0. The van der Waals surface area contributed by atoms with Gasteiger partial charge in [0.15, 0.2) is 5.96 Å². The number of benzene rings is 1. The standard InChI is InChI=1S/C17H26N4O2.HI/c1-3-19-16(22)14-7-4-6-13(10-14)11-20-17(18-2)21-12-15-8-5-9-23-15;/h4,6-7,10,15H,3,5,8-9,11-12H2,1-2H3,(H,19,22)(H2,18,20,21);1H. The number of hydrogen-bond donors (Lipinski definition) is 3. The molecule has 2 rings (SSSR count). The second kappa shape index (κ2) is 11.2. The second-order valence-electron chi connectivity index (χ2n) is 5.50. The topological polar surface area (TPSA) is 74.8 Å². The Hall–Kier alpha value is -1.35. The summed E-state index contributed by atoms with van der Waals surface area (Å²) in [5, 5.41) is 9.34. The van der Waals surface area contributed by atoms with Gasteiger partial charge in [0.25, 0.3) is 5.91 Å². The van der Waals surface area contributed by atoms with Gasteiger partial charge >= 0.3 is 0 Å². The first-order valence-corrected chi connectivity index (χ1v) is 8.16. The zero-order valence-electron chi connectivity index (χ0n) is 14.3. The van der Waals surface area contributed by atoms with Crippen molar-refractivity contribution in [3.63, 3.8) is 0 Å². The number of rotatable bonds is 6. The summed E-state index contributed by atoms with van der Waals surface area (Å²) in [5.74, 6) is 0.694. The van der Waals surface area contributed by atoms with Crippen LogP contribution >= 0.6 is 24.0 Å². The van der Waals surface area contributed by atoms with Crippen LogP contribution in [0.2, 0.25) is 0 Å². The third-order valence-electron chi connectivity index (χ3n) is 3.73. The van der Waals surface area contributed by atoms with Gasteiger partial charge in [0.05, 0.1) is 6.10 Å². The molecule has 1 unspecified atom stereocenters. The molecular formula is C17H27IN4O2. The molecule has 24 heavy (non-hydrogen) atoms. The van der Waals surface area contributed by atoms with Crippen molar-refractivity contribution in [2.45, 2.75) is 32.4 Å². The van der Waals surface area contributed by atoms with Crippen LogP contribution in [0, 0.1) is 0 Å². The van der Waals surface area contributed by atoms with E-state index in [1.54, 1.807) is 7.05 Å². The molecule has 0 saturated carbocycles. The normalized spacial score (nSPS) is 17.1. The molecule has 0 aromatic heterocycles. The summed E-state index contributed by atoms with van der Waals surface area (Å²) in [7, 11) is 1.75. The largest absolute Gasteiger partial charge is 0.376 e. The summed E-state index contributed by atoms with van der Waals surface area (Å²) in [4.78, 5) is 16.1. The number of carbonyl (C=O) groups excluding carboxylic acids is 1. The van der Waals surface area contributed by atoms with Crippen LogP contribution in [0.3, 0.4) is 0 Å². The first kappa shape index (κ1) is 20.7. The number of halogens is 1. The van der Waals surface area contributed by atoms with Crippen LogP contribution in [-0.2, 0) is 11.3 Å². The minimum Gasteiger partial charge on any atom is -0.376 e. The van der Waals surface area contributed by atoms with Crippen LogP contribution in [0.5, 0.6) is 0 Å².